The minimum atomic E-state index is 0.271. The summed E-state index contributed by atoms with van der Waals surface area (Å²) < 4.78 is 0. The molecule has 1 saturated heterocycles. The van der Waals surface area contributed by atoms with Crippen LogP contribution in [0.15, 0.2) is 48.7 Å². The molecule has 0 aliphatic carbocycles. The van der Waals surface area contributed by atoms with Gasteiger partial charge in [-0.2, -0.15) is 0 Å². The molecule has 1 fully saturated rings. The molecule has 3 heteroatoms. The van der Waals surface area contributed by atoms with Crippen LogP contribution in [0.1, 0.15) is 32.0 Å². The molecule has 1 aliphatic rings. The van der Waals surface area contributed by atoms with E-state index < -0.39 is 0 Å². The summed E-state index contributed by atoms with van der Waals surface area (Å²) in [6.45, 7) is 11.3. The molecule has 3 nitrogen and oxygen atoms in total. The maximum absolute atomic E-state index is 4.35. The van der Waals surface area contributed by atoms with E-state index in [1.165, 1.54) is 11.3 Å². The molecule has 2 aromatic rings. The van der Waals surface area contributed by atoms with Crippen molar-refractivity contribution in [3.05, 3.63) is 66.3 Å². The summed E-state index contributed by atoms with van der Waals surface area (Å²) in [5.74, 6) is 0. The van der Waals surface area contributed by atoms with Crippen LogP contribution in [-0.4, -0.2) is 41.6 Å². The number of benzene rings is 1. The van der Waals surface area contributed by atoms with Gasteiger partial charge in [0.25, 0.3) is 0 Å². The molecule has 0 saturated carbocycles. The van der Waals surface area contributed by atoms with Gasteiger partial charge in [-0.05, 0) is 50.6 Å². The molecule has 23 heavy (non-hydrogen) atoms. The molecule has 1 aromatic carbocycles. The quantitative estimate of drug-likeness (QED) is 0.863. The maximum atomic E-state index is 4.35. The average molecular weight is 308 g/mol. The SMILES string of the molecule is CC(C)(C)N1CCN(c2ccc([CH]c3ccccn3)cc2)CC1. The van der Waals surface area contributed by atoms with Gasteiger partial charge in [0.15, 0.2) is 0 Å². The van der Waals surface area contributed by atoms with Crippen LogP contribution >= 0.6 is 0 Å². The van der Waals surface area contributed by atoms with Crippen LogP contribution < -0.4 is 4.90 Å². The number of pyridine rings is 1. The van der Waals surface area contributed by atoms with Crippen molar-refractivity contribution in [3.63, 3.8) is 0 Å². The second-order valence-electron chi connectivity index (χ2n) is 7.14. The Morgan fingerprint density at radius 1 is 0.913 bits per heavy atom. The van der Waals surface area contributed by atoms with E-state index in [2.05, 4.69) is 66.2 Å². The van der Waals surface area contributed by atoms with Crippen molar-refractivity contribution in [3.8, 4) is 0 Å². The summed E-state index contributed by atoms with van der Waals surface area (Å²) in [4.78, 5) is 9.39. The monoisotopic (exact) mass is 308 g/mol. The molecule has 1 radical (unpaired) electrons. The molecule has 0 atom stereocenters. The van der Waals surface area contributed by atoms with Gasteiger partial charge in [-0.3, -0.25) is 9.88 Å². The Morgan fingerprint density at radius 3 is 2.17 bits per heavy atom. The lowest BCUT2D eigenvalue weighted by molar-refractivity contribution is 0.128. The zero-order valence-corrected chi connectivity index (χ0v) is 14.4. The fraction of sp³-hybridized carbons (Fsp3) is 0.400. The van der Waals surface area contributed by atoms with Crippen LogP contribution in [0.2, 0.25) is 0 Å². The summed E-state index contributed by atoms with van der Waals surface area (Å²) in [7, 11) is 0. The van der Waals surface area contributed by atoms with E-state index in [1.54, 1.807) is 0 Å². The Balaban J connectivity index is 1.60. The molecular formula is C20H26N3. The zero-order valence-electron chi connectivity index (χ0n) is 14.4. The third kappa shape index (κ3) is 4.11. The highest BCUT2D eigenvalue weighted by Crippen LogP contribution is 2.22. The third-order valence-electron chi connectivity index (χ3n) is 4.49. The molecule has 121 valence electrons. The molecule has 1 aromatic heterocycles. The Hall–Kier alpha value is -1.87. The smallest absolute Gasteiger partial charge is 0.0488 e. The van der Waals surface area contributed by atoms with Crippen molar-refractivity contribution >= 4 is 5.69 Å². The van der Waals surface area contributed by atoms with Gasteiger partial charge in [-0.15, -0.1) is 0 Å². The number of nitrogens with zero attached hydrogens (tertiary/aromatic N) is 3. The lowest BCUT2D eigenvalue weighted by atomic mass is 10.0. The van der Waals surface area contributed by atoms with Gasteiger partial charge in [-0.1, -0.05) is 18.2 Å². The Morgan fingerprint density at radius 2 is 1.61 bits per heavy atom. The van der Waals surface area contributed by atoms with E-state index in [4.69, 9.17) is 0 Å². The minimum Gasteiger partial charge on any atom is -0.369 e. The molecule has 0 spiro atoms. The molecule has 2 heterocycles. The summed E-state index contributed by atoms with van der Waals surface area (Å²) in [6, 6.07) is 14.8. The standard InChI is InChI=1S/C20H26N3/c1-20(2,3)23-14-12-22(13-15-23)19-9-7-17(8-10-19)16-18-6-4-5-11-21-18/h4-11,16H,12-15H2,1-3H3. The van der Waals surface area contributed by atoms with E-state index in [-0.39, 0.29) is 5.54 Å². The average Bonchev–Trinajstić information content (AvgIpc) is 2.56. The summed E-state index contributed by atoms with van der Waals surface area (Å²) in [5, 5.41) is 0. The molecule has 0 bridgehead atoms. The van der Waals surface area contributed by atoms with Crippen LogP contribution in [0.3, 0.4) is 0 Å². The van der Waals surface area contributed by atoms with Gasteiger partial charge in [-0.25, -0.2) is 0 Å². The third-order valence-corrected chi connectivity index (χ3v) is 4.49. The van der Waals surface area contributed by atoms with Gasteiger partial charge in [0, 0.05) is 55.7 Å². The van der Waals surface area contributed by atoms with Crippen molar-refractivity contribution < 1.29 is 0 Å². The van der Waals surface area contributed by atoms with E-state index in [1.807, 2.05) is 24.4 Å². The van der Waals surface area contributed by atoms with Crippen LogP contribution in [0.4, 0.5) is 5.69 Å². The first-order valence-corrected chi connectivity index (χ1v) is 8.38. The van der Waals surface area contributed by atoms with Crippen LogP contribution in [0.25, 0.3) is 0 Å². The first kappa shape index (κ1) is 16.0. The number of hydrogen-bond acceptors (Lipinski definition) is 3. The van der Waals surface area contributed by atoms with Gasteiger partial charge in [0.05, 0.1) is 0 Å². The highest BCUT2D eigenvalue weighted by Gasteiger charge is 2.25. The van der Waals surface area contributed by atoms with Crippen molar-refractivity contribution in [2.75, 3.05) is 31.1 Å². The van der Waals surface area contributed by atoms with Crippen LogP contribution in [0.5, 0.6) is 0 Å². The second-order valence-corrected chi connectivity index (χ2v) is 7.14. The van der Waals surface area contributed by atoms with E-state index in [0.29, 0.717) is 0 Å². The number of piperazine rings is 1. The normalized spacial score (nSPS) is 16.6. The number of hydrogen-bond donors (Lipinski definition) is 0. The van der Waals surface area contributed by atoms with E-state index >= 15 is 0 Å². The van der Waals surface area contributed by atoms with Crippen molar-refractivity contribution in [2.24, 2.45) is 0 Å². The molecule has 0 unspecified atom stereocenters. The van der Waals surface area contributed by atoms with Gasteiger partial charge < -0.3 is 4.90 Å². The molecule has 0 N–H and O–H groups in total. The molecule has 0 amide bonds. The van der Waals surface area contributed by atoms with Gasteiger partial charge in [0.2, 0.25) is 0 Å². The zero-order chi connectivity index (χ0) is 16.3. The number of anilines is 1. The lowest BCUT2D eigenvalue weighted by Crippen LogP contribution is -2.53. The highest BCUT2D eigenvalue weighted by molar-refractivity contribution is 5.50. The van der Waals surface area contributed by atoms with Crippen molar-refractivity contribution in [1.82, 2.24) is 9.88 Å². The minimum absolute atomic E-state index is 0.271. The summed E-state index contributed by atoms with van der Waals surface area (Å²) >= 11 is 0. The maximum Gasteiger partial charge on any atom is 0.0488 e. The van der Waals surface area contributed by atoms with E-state index in [9.17, 15) is 0 Å². The second kappa shape index (κ2) is 6.71. The first-order chi connectivity index (χ1) is 11.0. The summed E-state index contributed by atoms with van der Waals surface area (Å²) in [5.41, 5.74) is 3.78. The summed E-state index contributed by atoms with van der Waals surface area (Å²) in [6.07, 6.45) is 3.94. The van der Waals surface area contributed by atoms with Gasteiger partial charge in [0.1, 0.15) is 0 Å². The number of rotatable bonds is 3. The fourth-order valence-corrected chi connectivity index (χ4v) is 3.05. The molecular weight excluding hydrogens is 282 g/mol. The highest BCUT2D eigenvalue weighted by atomic mass is 15.3. The molecule has 3 rings (SSSR count). The van der Waals surface area contributed by atoms with E-state index in [0.717, 1.165) is 31.9 Å². The Kier molecular flexibility index (Phi) is 4.67. The van der Waals surface area contributed by atoms with Crippen molar-refractivity contribution in [1.29, 1.82) is 0 Å². The predicted molar refractivity (Wildman–Crippen MR) is 96.7 cm³/mol. The molecule has 1 aliphatic heterocycles. The van der Waals surface area contributed by atoms with Gasteiger partial charge >= 0.3 is 0 Å². The number of aromatic nitrogens is 1. The van der Waals surface area contributed by atoms with Crippen LogP contribution in [0, 0.1) is 6.42 Å². The Bertz CT molecular complexity index is 606. The largest absolute Gasteiger partial charge is 0.369 e. The first-order valence-electron chi connectivity index (χ1n) is 8.38. The lowest BCUT2D eigenvalue weighted by Gasteiger charge is -2.43. The Labute approximate surface area is 140 Å². The van der Waals surface area contributed by atoms with Crippen molar-refractivity contribution in [2.45, 2.75) is 26.3 Å². The fourth-order valence-electron chi connectivity index (χ4n) is 3.05. The topological polar surface area (TPSA) is 19.4 Å². The van der Waals surface area contributed by atoms with Crippen LogP contribution in [-0.2, 0) is 0 Å². The predicted octanol–water partition coefficient (Wildman–Crippen LogP) is 3.60.